The quantitative estimate of drug-likeness (QED) is 0.909. The Balaban J connectivity index is 1.71. The van der Waals surface area contributed by atoms with E-state index in [1.807, 2.05) is 32.0 Å². The molecule has 0 unspecified atom stereocenters. The van der Waals surface area contributed by atoms with Crippen molar-refractivity contribution in [2.24, 2.45) is 0 Å². The summed E-state index contributed by atoms with van der Waals surface area (Å²) in [6, 6.07) is 14.4. The topological polar surface area (TPSA) is 30.5 Å². The highest BCUT2D eigenvalue weighted by molar-refractivity contribution is 5.56. The van der Waals surface area contributed by atoms with Crippen molar-refractivity contribution in [3.63, 3.8) is 0 Å². The molecule has 0 aromatic heterocycles. The lowest BCUT2D eigenvalue weighted by atomic mass is 10.1. The molecule has 0 radical (unpaired) electrons. The minimum atomic E-state index is -0.572. The minimum absolute atomic E-state index is 0.572. The first kappa shape index (κ1) is 12.9. The zero-order valence-corrected chi connectivity index (χ0v) is 12.1. The first-order valence-electron chi connectivity index (χ1n) is 6.83. The highest BCUT2D eigenvalue weighted by Crippen LogP contribution is 2.40. The number of ether oxygens (including phenoxy) is 2. The number of benzene rings is 2. The Hall–Kier alpha value is -2.16. The van der Waals surface area contributed by atoms with Crippen molar-refractivity contribution >= 4 is 5.69 Å². The van der Waals surface area contributed by atoms with Crippen molar-refractivity contribution in [1.29, 1.82) is 0 Å². The van der Waals surface area contributed by atoms with Gasteiger partial charge in [-0.15, -0.1) is 0 Å². The summed E-state index contributed by atoms with van der Waals surface area (Å²) in [4.78, 5) is 0. The molecule has 3 nitrogen and oxygen atoms in total. The predicted octanol–water partition coefficient (Wildman–Crippen LogP) is 4.11. The SMILES string of the molecule is Cc1cccc(CNc2ccc3c(c2)OC(C)(C)O3)c1. The van der Waals surface area contributed by atoms with Gasteiger partial charge in [-0.3, -0.25) is 0 Å². The lowest BCUT2D eigenvalue weighted by Gasteiger charge is -2.16. The third-order valence-electron chi connectivity index (χ3n) is 3.23. The molecule has 0 amide bonds. The van der Waals surface area contributed by atoms with Crippen LogP contribution < -0.4 is 14.8 Å². The van der Waals surface area contributed by atoms with Gasteiger partial charge < -0.3 is 14.8 Å². The molecule has 2 aromatic carbocycles. The van der Waals surface area contributed by atoms with Crippen LogP contribution in [0.1, 0.15) is 25.0 Å². The van der Waals surface area contributed by atoms with E-state index in [-0.39, 0.29) is 0 Å². The second-order valence-electron chi connectivity index (χ2n) is 5.61. The molecule has 1 N–H and O–H groups in total. The summed E-state index contributed by atoms with van der Waals surface area (Å²) in [7, 11) is 0. The fourth-order valence-electron chi connectivity index (χ4n) is 2.36. The van der Waals surface area contributed by atoms with Crippen LogP contribution in [0.2, 0.25) is 0 Å². The molecule has 0 spiro atoms. The lowest BCUT2D eigenvalue weighted by Crippen LogP contribution is -2.29. The van der Waals surface area contributed by atoms with Crippen LogP contribution in [-0.4, -0.2) is 5.79 Å². The summed E-state index contributed by atoms with van der Waals surface area (Å²) in [5.74, 6) is 1.03. The molecule has 1 aliphatic heterocycles. The molecule has 1 aliphatic rings. The van der Waals surface area contributed by atoms with Crippen molar-refractivity contribution < 1.29 is 9.47 Å². The highest BCUT2D eigenvalue weighted by Gasteiger charge is 2.31. The van der Waals surface area contributed by atoms with Gasteiger partial charge in [-0.1, -0.05) is 29.8 Å². The molecule has 0 saturated carbocycles. The number of rotatable bonds is 3. The molecule has 104 valence electrons. The smallest absolute Gasteiger partial charge is 0.246 e. The van der Waals surface area contributed by atoms with E-state index in [4.69, 9.17) is 9.47 Å². The lowest BCUT2D eigenvalue weighted by molar-refractivity contribution is -0.0431. The second-order valence-corrected chi connectivity index (χ2v) is 5.61. The fourth-order valence-corrected chi connectivity index (χ4v) is 2.36. The summed E-state index contributed by atoms with van der Waals surface area (Å²) < 4.78 is 11.4. The first-order chi connectivity index (χ1) is 9.52. The Labute approximate surface area is 119 Å². The van der Waals surface area contributed by atoms with E-state index in [0.717, 1.165) is 23.7 Å². The summed E-state index contributed by atoms with van der Waals surface area (Å²) in [5, 5.41) is 3.41. The minimum Gasteiger partial charge on any atom is -0.449 e. The molecule has 2 aromatic rings. The van der Waals surface area contributed by atoms with E-state index in [0.29, 0.717) is 0 Å². The summed E-state index contributed by atoms with van der Waals surface area (Å²) in [6.45, 7) is 6.72. The molecular formula is C17H19NO2. The summed E-state index contributed by atoms with van der Waals surface area (Å²) in [6.07, 6.45) is 0. The molecular weight excluding hydrogens is 250 g/mol. The molecule has 0 atom stereocenters. The fraction of sp³-hybridized carbons (Fsp3) is 0.294. The number of fused-ring (bicyclic) bond motifs is 1. The van der Waals surface area contributed by atoms with Gasteiger partial charge in [0.15, 0.2) is 11.5 Å². The maximum atomic E-state index is 5.74. The maximum Gasteiger partial charge on any atom is 0.246 e. The van der Waals surface area contributed by atoms with Crippen LogP contribution >= 0.6 is 0 Å². The summed E-state index contributed by atoms with van der Waals surface area (Å²) >= 11 is 0. The van der Waals surface area contributed by atoms with Gasteiger partial charge >= 0.3 is 0 Å². The van der Waals surface area contributed by atoms with Gasteiger partial charge in [0, 0.05) is 32.1 Å². The Morgan fingerprint density at radius 3 is 2.60 bits per heavy atom. The van der Waals surface area contributed by atoms with Gasteiger partial charge in [-0.05, 0) is 24.6 Å². The molecule has 1 heterocycles. The first-order valence-corrected chi connectivity index (χ1v) is 6.83. The molecule has 3 heteroatoms. The number of hydrogen-bond acceptors (Lipinski definition) is 3. The van der Waals surface area contributed by atoms with Crippen LogP contribution in [0.25, 0.3) is 0 Å². The van der Waals surface area contributed by atoms with E-state index in [1.54, 1.807) is 0 Å². The van der Waals surface area contributed by atoms with Gasteiger partial charge in [0.1, 0.15) is 0 Å². The Bertz CT molecular complexity index is 635. The van der Waals surface area contributed by atoms with Gasteiger partial charge in [0.05, 0.1) is 0 Å². The number of nitrogens with one attached hydrogen (secondary N) is 1. The van der Waals surface area contributed by atoms with Crippen molar-refractivity contribution in [3.8, 4) is 11.5 Å². The Morgan fingerprint density at radius 2 is 1.80 bits per heavy atom. The van der Waals surface area contributed by atoms with Crippen molar-refractivity contribution in [1.82, 2.24) is 0 Å². The standard InChI is InChI=1S/C17H19NO2/c1-12-5-4-6-13(9-12)11-18-14-7-8-15-16(10-14)20-17(2,3)19-15/h4-10,18H,11H2,1-3H3. The second kappa shape index (κ2) is 4.75. The highest BCUT2D eigenvalue weighted by atomic mass is 16.7. The van der Waals surface area contributed by atoms with E-state index < -0.39 is 5.79 Å². The number of aryl methyl sites for hydroxylation is 1. The molecule has 0 fully saturated rings. The Kier molecular flexibility index (Phi) is 3.05. The van der Waals surface area contributed by atoms with Crippen LogP contribution in [0.4, 0.5) is 5.69 Å². The van der Waals surface area contributed by atoms with Crippen LogP contribution in [0.15, 0.2) is 42.5 Å². The zero-order valence-electron chi connectivity index (χ0n) is 12.1. The van der Waals surface area contributed by atoms with Gasteiger partial charge in [-0.25, -0.2) is 0 Å². The predicted molar refractivity (Wildman–Crippen MR) is 80.3 cm³/mol. The zero-order chi connectivity index (χ0) is 14.2. The van der Waals surface area contributed by atoms with Gasteiger partial charge in [0.25, 0.3) is 0 Å². The molecule has 3 rings (SSSR count). The molecule has 0 bridgehead atoms. The molecule has 0 aliphatic carbocycles. The van der Waals surface area contributed by atoms with Crippen molar-refractivity contribution in [3.05, 3.63) is 53.6 Å². The van der Waals surface area contributed by atoms with E-state index in [9.17, 15) is 0 Å². The third kappa shape index (κ3) is 2.72. The van der Waals surface area contributed by atoms with Crippen molar-refractivity contribution in [2.45, 2.75) is 33.1 Å². The van der Waals surface area contributed by atoms with Gasteiger partial charge in [0.2, 0.25) is 5.79 Å². The average molecular weight is 269 g/mol. The summed E-state index contributed by atoms with van der Waals surface area (Å²) in [5.41, 5.74) is 3.58. The van der Waals surface area contributed by atoms with E-state index in [1.165, 1.54) is 11.1 Å². The largest absolute Gasteiger partial charge is 0.449 e. The van der Waals surface area contributed by atoms with Crippen molar-refractivity contribution in [2.75, 3.05) is 5.32 Å². The van der Waals surface area contributed by atoms with Crippen LogP contribution in [0, 0.1) is 6.92 Å². The Morgan fingerprint density at radius 1 is 1.00 bits per heavy atom. The third-order valence-corrected chi connectivity index (χ3v) is 3.23. The van der Waals surface area contributed by atoms with E-state index >= 15 is 0 Å². The van der Waals surface area contributed by atoms with Crippen LogP contribution in [-0.2, 0) is 6.54 Å². The molecule has 0 saturated heterocycles. The number of hydrogen-bond donors (Lipinski definition) is 1. The van der Waals surface area contributed by atoms with Gasteiger partial charge in [-0.2, -0.15) is 0 Å². The molecule has 20 heavy (non-hydrogen) atoms. The van der Waals surface area contributed by atoms with Crippen LogP contribution in [0.3, 0.4) is 0 Å². The number of anilines is 1. The normalized spacial score (nSPS) is 15.2. The monoisotopic (exact) mass is 269 g/mol. The van der Waals surface area contributed by atoms with E-state index in [2.05, 4.69) is 36.5 Å². The average Bonchev–Trinajstić information content (AvgIpc) is 2.69. The van der Waals surface area contributed by atoms with Crippen LogP contribution in [0.5, 0.6) is 11.5 Å². The maximum absolute atomic E-state index is 5.74.